The van der Waals surface area contributed by atoms with Crippen molar-refractivity contribution in [1.82, 2.24) is 5.32 Å². The Labute approximate surface area is 116 Å². The SMILES string of the molecule is CSCCC(NC(=O)Cc1ccc(O)cc1)C(=O)O. The van der Waals surface area contributed by atoms with Crippen molar-refractivity contribution in [1.29, 1.82) is 0 Å². The number of rotatable bonds is 7. The lowest BCUT2D eigenvalue weighted by molar-refractivity contribution is -0.141. The first-order valence-electron chi connectivity index (χ1n) is 5.82. The number of phenols is 1. The molecule has 5 nitrogen and oxygen atoms in total. The van der Waals surface area contributed by atoms with E-state index in [1.165, 1.54) is 23.9 Å². The first kappa shape index (κ1) is 15.4. The van der Waals surface area contributed by atoms with Gasteiger partial charge in [0.05, 0.1) is 6.42 Å². The zero-order valence-corrected chi connectivity index (χ0v) is 11.4. The van der Waals surface area contributed by atoms with Crippen LogP contribution in [-0.2, 0) is 16.0 Å². The summed E-state index contributed by atoms with van der Waals surface area (Å²) in [7, 11) is 0. The summed E-state index contributed by atoms with van der Waals surface area (Å²) in [6.45, 7) is 0. The van der Waals surface area contributed by atoms with Gasteiger partial charge in [-0.25, -0.2) is 4.79 Å². The van der Waals surface area contributed by atoms with E-state index in [1.807, 2.05) is 6.26 Å². The number of aromatic hydroxyl groups is 1. The number of nitrogens with one attached hydrogen (secondary N) is 1. The molecule has 0 saturated heterocycles. The number of phenolic OH excluding ortho intramolecular Hbond substituents is 1. The van der Waals surface area contributed by atoms with Crippen molar-refractivity contribution < 1.29 is 19.8 Å². The fourth-order valence-corrected chi connectivity index (χ4v) is 2.01. The average Bonchev–Trinajstić information content (AvgIpc) is 2.37. The molecule has 19 heavy (non-hydrogen) atoms. The van der Waals surface area contributed by atoms with Crippen LogP contribution in [0.1, 0.15) is 12.0 Å². The highest BCUT2D eigenvalue weighted by molar-refractivity contribution is 7.98. The summed E-state index contributed by atoms with van der Waals surface area (Å²) < 4.78 is 0. The van der Waals surface area contributed by atoms with Gasteiger partial charge in [0.25, 0.3) is 0 Å². The molecule has 1 unspecified atom stereocenters. The number of aliphatic carboxylic acids is 1. The predicted octanol–water partition coefficient (Wildman–Crippen LogP) is 1.26. The van der Waals surface area contributed by atoms with Crippen LogP contribution in [0.4, 0.5) is 0 Å². The lowest BCUT2D eigenvalue weighted by Crippen LogP contribution is -2.41. The molecule has 104 valence electrons. The molecular weight excluding hydrogens is 266 g/mol. The summed E-state index contributed by atoms with van der Waals surface area (Å²) in [6, 6.07) is 5.40. The van der Waals surface area contributed by atoms with Crippen molar-refractivity contribution in [2.45, 2.75) is 18.9 Å². The number of carboxylic acids is 1. The van der Waals surface area contributed by atoms with Gasteiger partial charge < -0.3 is 15.5 Å². The van der Waals surface area contributed by atoms with E-state index in [2.05, 4.69) is 5.32 Å². The maximum Gasteiger partial charge on any atom is 0.326 e. The second-order valence-electron chi connectivity index (χ2n) is 4.08. The number of benzene rings is 1. The van der Waals surface area contributed by atoms with Crippen molar-refractivity contribution in [2.75, 3.05) is 12.0 Å². The highest BCUT2D eigenvalue weighted by Crippen LogP contribution is 2.10. The molecule has 0 fully saturated rings. The molecule has 0 radical (unpaired) electrons. The Hall–Kier alpha value is -1.69. The summed E-state index contributed by atoms with van der Waals surface area (Å²) in [5.41, 5.74) is 0.726. The van der Waals surface area contributed by atoms with E-state index in [9.17, 15) is 9.59 Å². The van der Waals surface area contributed by atoms with Crippen LogP contribution in [-0.4, -0.2) is 40.1 Å². The summed E-state index contributed by atoms with van der Waals surface area (Å²) in [4.78, 5) is 22.7. The molecule has 0 aromatic heterocycles. The number of amides is 1. The molecule has 1 amide bonds. The monoisotopic (exact) mass is 283 g/mol. The maximum atomic E-state index is 11.7. The van der Waals surface area contributed by atoms with Gasteiger partial charge in [-0.15, -0.1) is 0 Å². The Morgan fingerprint density at radius 1 is 1.32 bits per heavy atom. The van der Waals surface area contributed by atoms with E-state index in [1.54, 1.807) is 12.1 Å². The van der Waals surface area contributed by atoms with Crippen LogP contribution in [0.5, 0.6) is 5.75 Å². The predicted molar refractivity (Wildman–Crippen MR) is 74.4 cm³/mol. The Morgan fingerprint density at radius 3 is 2.47 bits per heavy atom. The van der Waals surface area contributed by atoms with E-state index in [-0.39, 0.29) is 18.1 Å². The van der Waals surface area contributed by atoms with Gasteiger partial charge in [-0.1, -0.05) is 12.1 Å². The fraction of sp³-hybridized carbons (Fsp3) is 0.385. The molecule has 0 aliphatic heterocycles. The summed E-state index contributed by atoms with van der Waals surface area (Å²) >= 11 is 1.54. The van der Waals surface area contributed by atoms with E-state index in [0.29, 0.717) is 12.2 Å². The normalized spacial score (nSPS) is 11.8. The van der Waals surface area contributed by atoms with E-state index >= 15 is 0 Å². The first-order valence-corrected chi connectivity index (χ1v) is 7.21. The zero-order chi connectivity index (χ0) is 14.3. The van der Waals surface area contributed by atoms with Crippen molar-refractivity contribution >= 4 is 23.6 Å². The zero-order valence-electron chi connectivity index (χ0n) is 10.6. The van der Waals surface area contributed by atoms with Crippen LogP contribution < -0.4 is 5.32 Å². The van der Waals surface area contributed by atoms with Crippen molar-refractivity contribution in [2.24, 2.45) is 0 Å². The standard InChI is InChI=1S/C13H17NO4S/c1-19-7-6-11(13(17)18)14-12(16)8-9-2-4-10(15)5-3-9/h2-5,11,15H,6-8H2,1H3,(H,14,16)(H,17,18). The summed E-state index contributed by atoms with van der Waals surface area (Å²) in [5, 5.41) is 20.6. The number of hydrogen-bond acceptors (Lipinski definition) is 4. The summed E-state index contributed by atoms with van der Waals surface area (Å²) in [6.07, 6.45) is 2.39. The Balaban J connectivity index is 2.52. The molecule has 0 saturated carbocycles. The molecule has 3 N–H and O–H groups in total. The van der Waals surface area contributed by atoms with E-state index in [4.69, 9.17) is 10.2 Å². The van der Waals surface area contributed by atoms with Gasteiger partial charge in [0.15, 0.2) is 0 Å². The van der Waals surface area contributed by atoms with Gasteiger partial charge in [-0.3, -0.25) is 4.79 Å². The van der Waals surface area contributed by atoms with Gasteiger partial charge >= 0.3 is 5.97 Å². The Bertz CT molecular complexity index is 433. The molecule has 0 bridgehead atoms. The topological polar surface area (TPSA) is 86.6 Å². The number of thioether (sulfide) groups is 1. The largest absolute Gasteiger partial charge is 0.508 e. The number of hydrogen-bond donors (Lipinski definition) is 3. The fourth-order valence-electron chi connectivity index (χ4n) is 1.54. The Morgan fingerprint density at radius 2 is 1.95 bits per heavy atom. The third kappa shape index (κ3) is 5.65. The molecule has 0 aliphatic carbocycles. The molecule has 1 atom stereocenters. The highest BCUT2D eigenvalue weighted by atomic mass is 32.2. The van der Waals surface area contributed by atoms with Crippen LogP contribution >= 0.6 is 11.8 Å². The number of carboxylic acid groups (broad SMARTS) is 1. The van der Waals surface area contributed by atoms with Crippen LogP contribution in [0.25, 0.3) is 0 Å². The smallest absolute Gasteiger partial charge is 0.326 e. The van der Waals surface area contributed by atoms with Crippen LogP contribution in [0.15, 0.2) is 24.3 Å². The minimum Gasteiger partial charge on any atom is -0.508 e. The van der Waals surface area contributed by atoms with E-state index in [0.717, 1.165) is 5.56 Å². The molecule has 1 rings (SSSR count). The van der Waals surface area contributed by atoms with Crippen LogP contribution in [0.3, 0.4) is 0 Å². The molecule has 0 aliphatic rings. The Kier molecular flexibility index (Phi) is 6.21. The minimum absolute atomic E-state index is 0.101. The molecule has 0 heterocycles. The van der Waals surface area contributed by atoms with Gasteiger partial charge in [0.1, 0.15) is 11.8 Å². The van der Waals surface area contributed by atoms with Gasteiger partial charge in [-0.05, 0) is 36.1 Å². The van der Waals surface area contributed by atoms with Crippen molar-refractivity contribution in [3.63, 3.8) is 0 Å². The van der Waals surface area contributed by atoms with Gasteiger partial charge in [0, 0.05) is 0 Å². The van der Waals surface area contributed by atoms with Crippen LogP contribution in [0.2, 0.25) is 0 Å². The molecule has 1 aromatic carbocycles. The molecule has 6 heteroatoms. The molecule has 1 aromatic rings. The maximum absolute atomic E-state index is 11.7. The second-order valence-corrected chi connectivity index (χ2v) is 5.07. The number of carbonyl (C=O) groups is 2. The minimum atomic E-state index is -1.02. The van der Waals surface area contributed by atoms with Crippen molar-refractivity contribution in [3.05, 3.63) is 29.8 Å². The third-order valence-electron chi connectivity index (χ3n) is 2.54. The van der Waals surface area contributed by atoms with Crippen LogP contribution in [0, 0.1) is 0 Å². The molecular formula is C13H17NO4S. The summed E-state index contributed by atoms with van der Waals surface area (Å²) in [5.74, 6) is -0.545. The van der Waals surface area contributed by atoms with E-state index < -0.39 is 12.0 Å². The first-order chi connectivity index (χ1) is 9.02. The lowest BCUT2D eigenvalue weighted by atomic mass is 10.1. The quantitative estimate of drug-likeness (QED) is 0.701. The molecule has 0 spiro atoms. The van der Waals surface area contributed by atoms with Gasteiger partial charge in [0.2, 0.25) is 5.91 Å². The lowest BCUT2D eigenvalue weighted by Gasteiger charge is -2.13. The average molecular weight is 283 g/mol. The van der Waals surface area contributed by atoms with Crippen molar-refractivity contribution in [3.8, 4) is 5.75 Å². The third-order valence-corrected chi connectivity index (χ3v) is 3.19. The highest BCUT2D eigenvalue weighted by Gasteiger charge is 2.19. The second kappa shape index (κ2) is 7.68. The van der Waals surface area contributed by atoms with Gasteiger partial charge in [-0.2, -0.15) is 11.8 Å². The number of carbonyl (C=O) groups excluding carboxylic acids is 1.